The van der Waals surface area contributed by atoms with Gasteiger partial charge in [-0.2, -0.15) is 0 Å². The monoisotopic (exact) mass is 545 g/mol. The van der Waals surface area contributed by atoms with Crippen LogP contribution < -0.4 is 15.0 Å². The number of ether oxygens (including phenoxy) is 3. The Bertz CT molecular complexity index is 1500. The van der Waals surface area contributed by atoms with Gasteiger partial charge in [0.2, 0.25) is 5.82 Å². The minimum Gasteiger partial charge on any atom is -0.489 e. The molecule has 0 aliphatic carbocycles. The van der Waals surface area contributed by atoms with Gasteiger partial charge in [-0.3, -0.25) is 14.7 Å². The summed E-state index contributed by atoms with van der Waals surface area (Å²) in [5.41, 5.74) is 0.425. The Kier molecular flexibility index (Phi) is 6.73. The smallest absolute Gasteiger partial charge is 0.291 e. The first-order valence-electron chi connectivity index (χ1n) is 12.8. The van der Waals surface area contributed by atoms with E-state index in [0.29, 0.717) is 29.2 Å². The number of benzene rings is 2. The van der Waals surface area contributed by atoms with E-state index in [0.717, 1.165) is 5.56 Å². The zero-order valence-corrected chi connectivity index (χ0v) is 21.5. The molecule has 40 heavy (non-hydrogen) atoms. The van der Waals surface area contributed by atoms with Gasteiger partial charge in [0.15, 0.2) is 5.60 Å². The lowest BCUT2D eigenvalue weighted by molar-refractivity contribution is -0.120. The molecule has 12 heteroatoms. The number of aliphatic hydroxyl groups excluding tert-OH is 1. The van der Waals surface area contributed by atoms with Crippen molar-refractivity contribution in [3.05, 3.63) is 71.3 Å². The normalized spacial score (nSPS) is 27.2. The largest absolute Gasteiger partial charge is 0.489 e. The van der Waals surface area contributed by atoms with E-state index in [1.54, 1.807) is 25.2 Å². The number of likely N-dealkylation sites (N-methyl/N-ethyl adjacent to an activating group) is 1. The lowest BCUT2D eigenvalue weighted by Gasteiger charge is -2.20. The van der Waals surface area contributed by atoms with Gasteiger partial charge in [0.25, 0.3) is 11.8 Å². The maximum absolute atomic E-state index is 13.3. The molecule has 0 radical (unpaired) electrons. The second-order valence-electron chi connectivity index (χ2n) is 9.96. The van der Waals surface area contributed by atoms with Gasteiger partial charge in [-0.05, 0) is 23.8 Å². The van der Waals surface area contributed by atoms with Crippen LogP contribution in [-0.2, 0) is 20.7 Å². The average molecular weight is 546 g/mol. The third-order valence-electron chi connectivity index (χ3n) is 7.12. The van der Waals surface area contributed by atoms with E-state index < -0.39 is 41.8 Å². The molecule has 6 rings (SSSR count). The molecule has 2 fully saturated rings. The van der Waals surface area contributed by atoms with Crippen molar-refractivity contribution in [2.24, 2.45) is 0 Å². The fourth-order valence-electron chi connectivity index (χ4n) is 4.96. The molecule has 3 aromatic rings. The van der Waals surface area contributed by atoms with E-state index in [1.165, 1.54) is 4.90 Å². The van der Waals surface area contributed by atoms with Crippen molar-refractivity contribution in [3.8, 4) is 17.6 Å². The van der Waals surface area contributed by atoms with E-state index in [2.05, 4.69) is 32.3 Å². The van der Waals surface area contributed by atoms with E-state index in [-0.39, 0.29) is 25.6 Å². The summed E-state index contributed by atoms with van der Waals surface area (Å²) >= 11 is 0. The molecule has 5 unspecified atom stereocenters. The van der Waals surface area contributed by atoms with Gasteiger partial charge in [-0.1, -0.05) is 42.2 Å². The summed E-state index contributed by atoms with van der Waals surface area (Å²) in [6.45, 7) is -0.0992. The van der Waals surface area contributed by atoms with E-state index in [1.807, 2.05) is 30.3 Å². The van der Waals surface area contributed by atoms with Crippen LogP contribution in [0.25, 0.3) is 0 Å². The third kappa shape index (κ3) is 4.91. The van der Waals surface area contributed by atoms with Crippen molar-refractivity contribution in [1.82, 2.24) is 20.5 Å². The Morgan fingerprint density at radius 3 is 2.88 bits per heavy atom. The Hall–Kier alpha value is -4.28. The second-order valence-corrected chi connectivity index (χ2v) is 9.96. The van der Waals surface area contributed by atoms with Gasteiger partial charge in [0.1, 0.15) is 42.5 Å². The molecule has 2 saturated heterocycles. The highest BCUT2D eigenvalue weighted by atomic mass is 16.6. The number of anilines is 1. The van der Waals surface area contributed by atoms with Gasteiger partial charge < -0.3 is 34.6 Å². The molecule has 1 aromatic heterocycles. The minimum atomic E-state index is -1.57. The first kappa shape index (κ1) is 26.0. The van der Waals surface area contributed by atoms with Crippen LogP contribution in [-0.4, -0.2) is 94.0 Å². The molecule has 4 N–H and O–H groups in total. The van der Waals surface area contributed by atoms with Crippen LogP contribution in [0, 0.1) is 11.8 Å². The van der Waals surface area contributed by atoms with Crippen LogP contribution in [0.5, 0.6) is 5.75 Å². The summed E-state index contributed by atoms with van der Waals surface area (Å²) in [5, 5.41) is 30.3. The number of aromatic nitrogens is 3. The van der Waals surface area contributed by atoms with E-state index >= 15 is 0 Å². The molecule has 0 saturated carbocycles. The van der Waals surface area contributed by atoms with Gasteiger partial charge >= 0.3 is 0 Å². The SMILES string of the molecule is CN1C(=O)C(NC(=O)c2n[nH]c(Cc3ccccc3)n2)COc2ccc(C#CC3(O)COC4C(O)COC43)cc21. The summed E-state index contributed by atoms with van der Waals surface area (Å²) in [6.07, 6.45) is -1.69. The molecule has 4 heterocycles. The second kappa shape index (κ2) is 10.4. The first-order chi connectivity index (χ1) is 19.3. The van der Waals surface area contributed by atoms with Crippen molar-refractivity contribution in [2.75, 3.05) is 31.8 Å². The molecule has 3 aliphatic rings. The van der Waals surface area contributed by atoms with Crippen LogP contribution in [0.2, 0.25) is 0 Å². The maximum Gasteiger partial charge on any atom is 0.291 e. The fourth-order valence-corrected chi connectivity index (χ4v) is 4.96. The van der Waals surface area contributed by atoms with Crippen LogP contribution in [0.1, 0.15) is 27.6 Å². The van der Waals surface area contributed by atoms with E-state index in [4.69, 9.17) is 14.2 Å². The molecule has 2 aromatic carbocycles. The maximum atomic E-state index is 13.3. The number of fused-ring (bicyclic) bond motifs is 2. The quantitative estimate of drug-likeness (QED) is 0.326. The van der Waals surface area contributed by atoms with Crippen molar-refractivity contribution >= 4 is 17.5 Å². The highest BCUT2D eigenvalue weighted by Crippen LogP contribution is 2.35. The highest BCUT2D eigenvalue weighted by molar-refractivity contribution is 6.02. The summed E-state index contributed by atoms with van der Waals surface area (Å²) < 4.78 is 16.8. The topological polar surface area (TPSA) is 159 Å². The Morgan fingerprint density at radius 1 is 1.23 bits per heavy atom. The molecule has 206 valence electrons. The van der Waals surface area contributed by atoms with Gasteiger partial charge in [0.05, 0.1) is 18.9 Å². The van der Waals surface area contributed by atoms with Crippen molar-refractivity contribution in [1.29, 1.82) is 0 Å². The molecule has 0 bridgehead atoms. The predicted molar refractivity (Wildman–Crippen MR) is 140 cm³/mol. The number of nitrogens with one attached hydrogen (secondary N) is 2. The lowest BCUT2D eigenvalue weighted by atomic mass is 9.96. The first-order valence-corrected chi connectivity index (χ1v) is 12.8. The minimum absolute atomic E-state index is 0.0736. The Morgan fingerprint density at radius 2 is 2.05 bits per heavy atom. The third-order valence-corrected chi connectivity index (χ3v) is 7.12. The van der Waals surface area contributed by atoms with Crippen LogP contribution in [0.4, 0.5) is 5.69 Å². The molecule has 0 spiro atoms. The number of hydrogen-bond acceptors (Lipinski definition) is 9. The van der Waals surface area contributed by atoms with Gasteiger partial charge in [-0.25, -0.2) is 4.98 Å². The summed E-state index contributed by atoms with van der Waals surface area (Å²) in [7, 11) is 1.58. The van der Waals surface area contributed by atoms with Crippen molar-refractivity contribution in [3.63, 3.8) is 0 Å². The van der Waals surface area contributed by atoms with Crippen LogP contribution in [0.15, 0.2) is 48.5 Å². The number of H-pyrrole nitrogens is 1. The zero-order valence-electron chi connectivity index (χ0n) is 21.5. The number of nitrogens with zero attached hydrogens (tertiary/aromatic N) is 3. The number of aromatic amines is 1. The van der Waals surface area contributed by atoms with Crippen LogP contribution in [0.3, 0.4) is 0 Å². The fraction of sp³-hybridized carbons (Fsp3) is 0.357. The predicted octanol–water partition coefficient (Wildman–Crippen LogP) is -0.210. The van der Waals surface area contributed by atoms with Crippen molar-refractivity contribution in [2.45, 2.75) is 36.4 Å². The summed E-state index contributed by atoms with van der Waals surface area (Å²) in [4.78, 5) is 31.8. The summed E-state index contributed by atoms with van der Waals surface area (Å²) in [5.74, 6) is 5.62. The number of rotatable bonds is 4. The molecule has 3 aliphatic heterocycles. The number of carbonyl (C=O) groups is 2. The zero-order chi connectivity index (χ0) is 27.9. The molecule has 2 amide bonds. The summed E-state index contributed by atoms with van der Waals surface area (Å²) in [6, 6.07) is 13.7. The van der Waals surface area contributed by atoms with Crippen molar-refractivity contribution < 1.29 is 34.0 Å². The van der Waals surface area contributed by atoms with Gasteiger partial charge in [0, 0.05) is 19.0 Å². The molecule has 5 atom stereocenters. The highest BCUT2D eigenvalue weighted by Gasteiger charge is 2.55. The molecular weight excluding hydrogens is 518 g/mol. The number of carbonyl (C=O) groups excluding carboxylic acids is 2. The molecule has 12 nitrogen and oxygen atoms in total. The van der Waals surface area contributed by atoms with Gasteiger partial charge in [-0.15, -0.1) is 5.10 Å². The standard InChI is InChI=1S/C28H27N5O7/c1-33-19-11-17(9-10-28(37)15-40-23-20(34)14-39-24(23)28)7-8-21(19)38-13-18(27(33)36)29-26(35)25-30-22(31-32-25)12-16-5-3-2-4-6-16/h2-8,11,18,20,23-24,34,37H,12-15H2,1H3,(H,29,35)(H,30,31,32). The average Bonchev–Trinajstić information content (AvgIpc) is 3.66. The number of aliphatic hydroxyl groups is 2. The Balaban J connectivity index is 1.14. The lowest BCUT2D eigenvalue weighted by Crippen LogP contribution is -2.49. The Labute approximate surface area is 229 Å². The molecular formula is C28H27N5O7. The van der Waals surface area contributed by atoms with E-state index in [9.17, 15) is 19.8 Å². The van der Waals surface area contributed by atoms with Crippen LogP contribution >= 0.6 is 0 Å². The number of amides is 2. The number of hydrogen-bond donors (Lipinski definition) is 4.